The molecule has 0 aliphatic carbocycles. The summed E-state index contributed by atoms with van der Waals surface area (Å²) in [5, 5.41) is 0. The Kier molecular flexibility index (Phi) is 2.19. The number of para-hydroxylation sites is 1. The Bertz CT molecular complexity index is 363. The zero-order chi connectivity index (χ0) is 10.1. The molecule has 1 aliphatic rings. The first-order valence-corrected chi connectivity index (χ1v) is 4.26. The van der Waals surface area contributed by atoms with Crippen LogP contribution >= 0.6 is 0 Å². The van der Waals surface area contributed by atoms with Gasteiger partial charge in [0.15, 0.2) is 0 Å². The number of rotatable bonds is 1. The number of halogens is 2. The van der Waals surface area contributed by atoms with E-state index in [0.717, 1.165) is 0 Å². The van der Waals surface area contributed by atoms with E-state index in [2.05, 4.69) is 0 Å². The summed E-state index contributed by atoms with van der Waals surface area (Å²) in [4.78, 5) is 11.0. The minimum atomic E-state index is -2.52. The van der Waals surface area contributed by atoms with Crippen LogP contribution in [0.1, 0.15) is 17.9 Å². The van der Waals surface area contributed by atoms with Crippen LogP contribution in [0.5, 0.6) is 5.75 Å². The molecule has 14 heavy (non-hydrogen) atoms. The number of ether oxygens (including phenoxy) is 1. The van der Waals surface area contributed by atoms with Crippen LogP contribution < -0.4 is 4.74 Å². The van der Waals surface area contributed by atoms with Gasteiger partial charge in [-0.3, -0.25) is 4.79 Å². The highest BCUT2D eigenvalue weighted by Crippen LogP contribution is 2.37. The monoisotopic (exact) mass is 198 g/mol. The van der Waals surface area contributed by atoms with E-state index in [1.165, 1.54) is 6.07 Å². The van der Waals surface area contributed by atoms with E-state index in [9.17, 15) is 13.6 Å². The summed E-state index contributed by atoms with van der Waals surface area (Å²) >= 11 is 0. The predicted molar refractivity (Wildman–Crippen MR) is 45.4 cm³/mol. The Balaban J connectivity index is 2.43. The summed E-state index contributed by atoms with van der Waals surface area (Å²) in [6.07, 6.45) is -2.77. The lowest BCUT2D eigenvalue weighted by Crippen LogP contribution is -2.24. The first-order chi connectivity index (χ1) is 6.68. The first kappa shape index (κ1) is 9.12. The second-order valence-electron chi connectivity index (χ2n) is 3.16. The maximum Gasteiger partial charge on any atom is 0.312 e. The minimum absolute atomic E-state index is 0.241. The molecule has 1 heterocycles. The summed E-state index contributed by atoms with van der Waals surface area (Å²) in [5.41, 5.74) is 0.419. The van der Waals surface area contributed by atoms with E-state index >= 15 is 0 Å². The van der Waals surface area contributed by atoms with E-state index in [-0.39, 0.29) is 12.2 Å². The third-order valence-corrected chi connectivity index (χ3v) is 2.23. The molecule has 0 amide bonds. The maximum absolute atomic E-state index is 12.6. The van der Waals surface area contributed by atoms with Crippen LogP contribution in [0.4, 0.5) is 8.78 Å². The van der Waals surface area contributed by atoms with Gasteiger partial charge in [0.05, 0.1) is 12.3 Å². The van der Waals surface area contributed by atoms with Crippen LogP contribution in [0, 0.1) is 0 Å². The molecule has 0 fully saturated rings. The highest BCUT2D eigenvalue weighted by Gasteiger charge is 2.32. The second-order valence-corrected chi connectivity index (χ2v) is 3.16. The van der Waals surface area contributed by atoms with Crippen molar-refractivity contribution in [2.24, 2.45) is 0 Å². The molecule has 0 saturated carbocycles. The average Bonchev–Trinajstić information content (AvgIpc) is 2.16. The zero-order valence-electron chi connectivity index (χ0n) is 7.24. The van der Waals surface area contributed by atoms with Crippen molar-refractivity contribution in [2.75, 3.05) is 0 Å². The van der Waals surface area contributed by atoms with Gasteiger partial charge in [-0.15, -0.1) is 0 Å². The number of esters is 1. The molecule has 0 bridgehead atoms. The molecule has 0 spiro atoms. The zero-order valence-corrected chi connectivity index (χ0v) is 7.24. The molecule has 2 rings (SSSR count). The number of carbonyl (C=O) groups excluding carboxylic acids is 1. The molecular weight excluding hydrogens is 190 g/mol. The van der Waals surface area contributed by atoms with Crippen LogP contribution in [0.25, 0.3) is 0 Å². The van der Waals surface area contributed by atoms with Crippen molar-refractivity contribution >= 4 is 5.97 Å². The lowest BCUT2D eigenvalue weighted by Gasteiger charge is -2.23. The molecule has 1 aliphatic heterocycles. The van der Waals surface area contributed by atoms with Crippen molar-refractivity contribution in [3.05, 3.63) is 29.8 Å². The molecule has 1 aromatic rings. The molecule has 0 aromatic heterocycles. The summed E-state index contributed by atoms with van der Waals surface area (Å²) in [5.74, 6) is -1.35. The number of carbonyl (C=O) groups is 1. The van der Waals surface area contributed by atoms with Crippen molar-refractivity contribution in [3.8, 4) is 5.75 Å². The summed E-state index contributed by atoms with van der Waals surface area (Å²) in [6.45, 7) is 0. The molecule has 1 atom stereocenters. The van der Waals surface area contributed by atoms with Gasteiger partial charge in [-0.05, 0) is 6.07 Å². The van der Waals surface area contributed by atoms with E-state index in [4.69, 9.17) is 4.74 Å². The number of hydrogen-bond donors (Lipinski definition) is 0. The Hall–Kier alpha value is -1.45. The van der Waals surface area contributed by atoms with E-state index in [1.54, 1.807) is 18.2 Å². The fraction of sp³-hybridized carbons (Fsp3) is 0.300. The van der Waals surface area contributed by atoms with Crippen molar-refractivity contribution in [3.63, 3.8) is 0 Å². The normalized spacial score (nSPS) is 20.5. The molecule has 0 radical (unpaired) electrons. The topological polar surface area (TPSA) is 26.3 Å². The van der Waals surface area contributed by atoms with Crippen LogP contribution in [0.2, 0.25) is 0 Å². The fourth-order valence-electron chi connectivity index (χ4n) is 1.56. The molecule has 4 heteroatoms. The third kappa shape index (κ3) is 1.47. The SMILES string of the molecule is O=C1CC(C(F)F)c2ccccc2O1. The molecule has 0 N–H and O–H groups in total. The smallest absolute Gasteiger partial charge is 0.312 e. The summed E-state index contributed by atoms with van der Waals surface area (Å²) in [6, 6.07) is 6.41. The number of benzene rings is 1. The summed E-state index contributed by atoms with van der Waals surface area (Å²) < 4.78 is 30.0. The minimum Gasteiger partial charge on any atom is -0.426 e. The molecular formula is C10H8F2O2. The van der Waals surface area contributed by atoms with Crippen LogP contribution in [0.3, 0.4) is 0 Å². The van der Waals surface area contributed by atoms with Gasteiger partial charge < -0.3 is 4.74 Å². The molecule has 0 saturated heterocycles. The van der Waals surface area contributed by atoms with Crippen molar-refractivity contribution < 1.29 is 18.3 Å². The third-order valence-electron chi connectivity index (χ3n) is 2.23. The number of hydrogen-bond acceptors (Lipinski definition) is 2. The van der Waals surface area contributed by atoms with Crippen molar-refractivity contribution in [1.29, 1.82) is 0 Å². The Labute approximate surface area is 79.5 Å². The van der Waals surface area contributed by atoms with Gasteiger partial charge in [0.25, 0.3) is 0 Å². The van der Waals surface area contributed by atoms with E-state index < -0.39 is 18.3 Å². The number of alkyl halides is 2. The lowest BCUT2D eigenvalue weighted by molar-refractivity contribution is -0.137. The van der Waals surface area contributed by atoms with Gasteiger partial charge in [-0.2, -0.15) is 0 Å². The quantitative estimate of drug-likeness (QED) is 0.511. The number of fused-ring (bicyclic) bond motifs is 1. The van der Waals surface area contributed by atoms with E-state index in [0.29, 0.717) is 5.56 Å². The largest absolute Gasteiger partial charge is 0.426 e. The Morgan fingerprint density at radius 1 is 1.36 bits per heavy atom. The Morgan fingerprint density at radius 3 is 2.79 bits per heavy atom. The molecule has 1 unspecified atom stereocenters. The fourth-order valence-corrected chi connectivity index (χ4v) is 1.56. The first-order valence-electron chi connectivity index (χ1n) is 4.26. The van der Waals surface area contributed by atoms with Gasteiger partial charge in [0.2, 0.25) is 6.43 Å². The van der Waals surface area contributed by atoms with Gasteiger partial charge in [-0.25, -0.2) is 8.78 Å². The molecule has 74 valence electrons. The van der Waals surface area contributed by atoms with Gasteiger partial charge in [0, 0.05) is 5.56 Å². The molecule has 1 aromatic carbocycles. The van der Waals surface area contributed by atoms with Gasteiger partial charge in [0.1, 0.15) is 5.75 Å². The second kappa shape index (κ2) is 3.36. The molecule has 2 nitrogen and oxygen atoms in total. The van der Waals surface area contributed by atoms with Crippen molar-refractivity contribution in [1.82, 2.24) is 0 Å². The maximum atomic E-state index is 12.6. The predicted octanol–water partition coefficient (Wildman–Crippen LogP) is 2.34. The van der Waals surface area contributed by atoms with E-state index in [1.807, 2.05) is 0 Å². The van der Waals surface area contributed by atoms with Gasteiger partial charge in [-0.1, -0.05) is 18.2 Å². The summed E-state index contributed by atoms with van der Waals surface area (Å²) in [7, 11) is 0. The highest BCUT2D eigenvalue weighted by atomic mass is 19.3. The van der Waals surface area contributed by atoms with Crippen LogP contribution in [-0.4, -0.2) is 12.4 Å². The average molecular weight is 198 g/mol. The van der Waals surface area contributed by atoms with Crippen molar-refractivity contribution in [2.45, 2.75) is 18.8 Å². The van der Waals surface area contributed by atoms with Gasteiger partial charge >= 0.3 is 5.97 Å². The lowest BCUT2D eigenvalue weighted by atomic mass is 9.93. The Morgan fingerprint density at radius 2 is 2.07 bits per heavy atom. The van der Waals surface area contributed by atoms with Crippen LogP contribution in [0.15, 0.2) is 24.3 Å². The van der Waals surface area contributed by atoms with Crippen LogP contribution in [-0.2, 0) is 4.79 Å². The standard InChI is InChI=1S/C10H8F2O2/c11-10(12)7-5-9(13)14-8-4-2-1-3-6(7)8/h1-4,7,10H,5H2. The highest BCUT2D eigenvalue weighted by molar-refractivity contribution is 5.76.